The lowest BCUT2D eigenvalue weighted by atomic mass is 9.99. The molecule has 1 heterocycles. The van der Waals surface area contributed by atoms with E-state index in [0.29, 0.717) is 31.5 Å². The van der Waals surface area contributed by atoms with Crippen molar-refractivity contribution in [2.45, 2.75) is 117 Å². The highest BCUT2D eigenvalue weighted by atomic mass is 16.2. The Hall–Kier alpha value is -2.38. The van der Waals surface area contributed by atoms with Crippen LogP contribution in [0.15, 0.2) is 11.6 Å². The average molecular weight is 521 g/mol. The second kappa shape index (κ2) is 18.8. The fourth-order valence-electron chi connectivity index (χ4n) is 4.95. The summed E-state index contributed by atoms with van der Waals surface area (Å²) in [4.78, 5) is 52.2. The molecule has 8 nitrogen and oxygen atoms in total. The molecule has 1 saturated heterocycles. The van der Waals surface area contributed by atoms with Crippen molar-refractivity contribution in [2.75, 3.05) is 26.7 Å². The van der Waals surface area contributed by atoms with Crippen molar-refractivity contribution < 1.29 is 19.2 Å². The number of nitrogens with zero attached hydrogens (tertiary/aromatic N) is 2. The van der Waals surface area contributed by atoms with Crippen LogP contribution in [0.4, 0.5) is 0 Å². The summed E-state index contributed by atoms with van der Waals surface area (Å²) < 4.78 is 0. The highest BCUT2D eigenvalue weighted by Crippen LogP contribution is 2.22. The van der Waals surface area contributed by atoms with Crippen LogP contribution in [0.5, 0.6) is 0 Å². The van der Waals surface area contributed by atoms with Gasteiger partial charge in [-0.25, -0.2) is 0 Å². The summed E-state index contributed by atoms with van der Waals surface area (Å²) in [5.74, 6) is -0.379. The standard InChI is InChI=1S/C29H52N4O4/c1-6-7-8-9-10-11-12-13-14-15-18-31-28(36)25-17-16-19-33(25)29(37)24(4)20-26(23(2)3)32(5)27(35)21-30-22-34/h20,22-23,25-26H,6-19,21H2,1-5H3,(H,30,34)(H,31,36)/b24-20+/t25-,26+/m0/s1. The maximum atomic E-state index is 13.3. The third kappa shape index (κ3) is 12.1. The van der Waals surface area contributed by atoms with Crippen molar-refractivity contribution in [3.8, 4) is 0 Å². The molecule has 0 spiro atoms. The molecule has 0 aromatic rings. The van der Waals surface area contributed by atoms with Gasteiger partial charge in [-0.1, -0.05) is 84.6 Å². The van der Waals surface area contributed by atoms with Crippen LogP contribution in [0, 0.1) is 5.92 Å². The van der Waals surface area contributed by atoms with Gasteiger partial charge in [0.2, 0.25) is 24.1 Å². The van der Waals surface area contributed by atoms with Crippen molar-refractivity contribution in [2.24, 2.45) is 5.92 Å². The van der Waals surface area contributed by atoms with Crippen molar-refractivity contribution >= 4 is 24.1 Å². The number of carbonyl (C=O) groups excluding carboxylic acids is 4. The SMILES string of the molecule is CCCCCCCCCCCCNC(=O)[C@@H]1CCCN1C(=O)/C(C)=C/[C@H](C(C)C)N(C)C(=O)CNC=O. The summed E-state index contributed by atoms with van der Waals surface area (Å²) in [5, 5.41) is 5.44. The minimum absolute atomic E-state index is 0.0674. The normalized spacial score (nSPS) is 16.5. The minimum atomic E-state index is -0.437. The summed E-state index contributed by atoms with van der Waals surface area (Å²) in [6.45, 7) is 9.08. The molecule has 0 radical (unpaired) electrons. The van der Waals surface area contributed by atoms with Gasteiger partial charge < -0.3 is 20.4 Å². The molecule has 1 aliphatic rings. The molecule has 2 N–H and O–H groups in total. The van der Waals surface area contributed by atoms with E-state index in [-0.39, 0.29) is 36.2 Å². The predicted octanol–water partition coefficient (Wildman–Crippen LogP) is 4.19. The summed E-state index contributed by atoms with van der Waals surface area (Å²) in [6, 6.07) is -0.733. The van der Waals surface area contributed by atoms with E-state index in [2.05, 4.69) is 17.6 Å². The summed E-state index contributed by atoms with van der Waals surface area (Å²) in [6.07, 6.45) is 16.3. The molecule has 0 aromatic heterocycles. The van der Waals surface area contributed by atoms with Gasteiger partial charge in [-0.2, -0.15) is 0 Å². The molecule has 0 aliphatic carbocycles. The first-order chi connectivity index (χ1) is 17.7. The van der Waals surface area contributed by atoms with Gasteiger partial charge in [-0.05, 0) is 32.1 Å². The van der Waals surface area contributed by atoms with Crippen LogP contribution >= 0.6 is 0 Å². The number of amides is 4. The van der Waals surface area contributed by atoms with E-state index in [1.165, 1.54) is 51.4 Å². The van der Waals surface area contributed by atoms with E-state index in [4.69, 9.17) is 0 Å². The van der Waals surface area contributed by atoms with Crippen LogP contribution in [0.1, 0.15) is 105 Å². The summed E-state index contributed by atoms with van der Waals surface area (Å²) >= 11 is 0. The molecule has 0 unspecified atom stereocenters. The zero-order valence-corrected chi connectivity index (χ0v) is 24.0. The predicted molar refractivity (Wildman–Crippen MR) is 149 cm³/mol. The van der Waals surface area contributed by atoms with Gasteiger partial charge >= 0.3 is 0 Å². The van der Waals surface area contributed by atoms with Gasteiger partial charge in [0, 0.05) is 25.7 Å². The Morgan fingerprint density at radius 2 is 1.59 bits per heavy atom. The number of likely N-dealkylation sites (tertiary alicyclic amines) is 1. The van der Waals surface area contributed by atoms with E-state index < -0.39 is 6.04 Å². The Morgan fingerprint density at radius 3 is 2.16 bits per heavy atom. The Labute approximate surface area is 225 Å². The molecule has 0 bridgehead atoms. The Balaban J connectivity index is 2.51. The Kier molecular flexibility index (Phi) is 16.6. The molecule has 37 heavy (non-hydrogen) atoms. The van der Waals surface area contributed by atoms with E-state index in [1.807, 2.05) is 19.9 Å². The van der Waals surface area contributed by atoms with Gasteiger partial charge in [0.05, 0.1) is 12.6 Å². The molecular weight excluding hydrogens is 468 g/mol. The quantitative estimate of drug-likeness (QED) is 0.152. The summed E-state index contributed by atoms with van der Waals surface area (Å²) in [7, 11) is 1.67. The number of likely N-dealkylation sites (N-methyl/N-ethyl adjacent to an activating group) is 1. The fourth-order valence-corrected chi connectivity index (χ4v) is 4.95. The third-order valence-corrected chi connectivity index (χ3v) is 7.26. The first kappa shape index (κ1) is 32.6. The molecule has 2 atom stereocenters. The fraction of sp³-hybridized carbons (Fsp3) is 0.793. The molecule has 1 fully saturated rings. The third-order valence-electron chi connectivity index (χ3n) is 7.26. The maximum Gasteiger partial charge on any atom is 0.249 e. The summed E-state index contributed by atoms with van der Waals surface area (Å²) in [5.41, 5.74) is 0.524. The minimum Gasteiger partial charge on any atom is -0.354 e. The average Bonchev–Trinajstić information content (AvgIpc) is 3.37. The lowest BCUT2D eigenvalue weighted by Gasteiger charge is -2.30. The van der Waals surface area contributed by atoms with Crippen LogP contribution < -0.4 is 10.6 Å². The van der Waals surface area contributed by atoms with Gasteiger partial charge in [0.15, 0.2) is 0 Å². The van der Waals surface area contributed by atoms with Crippen LogP contribution in [-0.2, 0) is 19.2 Å². The first-order valence-electron chi connectivity index (χ1n) is 14.4. The van der Waals surface area contributed by atoms with Crippen LogP contribution in [-0.4, -0.2) is 72.7 Å². The van der Waals surface area contributed by atoms with Gasteiger partial charge in [0.25, 0.3) is 0 Å². The second-order valence-electron chi connectivity index (χ2n) is 10.7. The zero-order chi connectivity index (χ0) is 27.6. The highest BCUT2D eigenvalue weighted by Gasteiger charge is 2.34. The lowest BCUT2D eigenvalue weighted by Crippen LogP contribution is -2.47. The van der Waals surface area contributed by atoms with E-state index in [9.17, 15) is 19.2 Å². The molecule has 1 aliphatic heterocycles. The largest absolute Gasteiger partial charge is 0.354 e. The van der Waals surface area contributed by atoms with Crippen LogP contribution in [0.3, 0.4) is 0 Å². The number of unbranched alkanes of at least 4 members (excludes halogenated alkanes) is 9. The van der Waals surface area contributed by atoms with Crippen LogP contribution in [0.25, 0.3) is 0 Å². The second-order valence-corrected chi connectivity index (χ2v) is 10.7. The molecule has 4 amide bonds. The lowest BCUT2D eigenvalue weighted by molar-refractivity contribution is -0.135. The van der Waals surface area contributed by atoms with E-state index in [0.717, 1.165) is 19.3 Å². The monoisotopic (exact) mass is 520 g/mol. The number of hydrogen-bond donors (Lipinski definition) is 2. The van der Waals surface area contributed by atoms with Crippen molar-refractivity contribution in [1.82, 2.24) is 20.4 Å². The molecular formula is C29H52N4O4. The Bertz CT molecular complexity index is 737. The molecule has 0 aromatic carbocycles. The van der Waals surface area contributed by atoms with Crippen molar-refractivity contribution in [3.63, 3.8) is 0 Å². The molecule has 1 rings (SSSR count). The van der Waals surface area contributed by atoms with E-state index in [1.54, 1.807) is 23.8 Å². The molecule has 0 saturated carbocycles. The van der Waals surface area contributed by atoms with Gasteiger partial charge in [0.1, 0.15) is 6.04 Å². The van der Waals surface area contributed by atoms with E-state index >= 15 is 0 Å². The number of rotatable bonds is 19. The van der Waals surface area contributed by atoms with Crippen LogP contribution in [0.2, 0.25) is 0 Å². The van der Waals surface area contributed by atoms with Gasteiger partial charge in [-0.15, -0.1) is 0 Å². The number of nitrogens with one attached hydrogen (secondary N) is 2. The number of hydrogen-bond acceptors (Lipinski definition) is 4. The topological polar surface area (TPSA) is 98.8 Å². The highest BCUT2D eigenvalue weighted by molar-refractivity contribution is 5.97. The molecule has 212 valence electrons. The first-order valence-corrected chi connectivity index (χ1v) is 14.4. The van der Waals surface area contributed by atoms with Crippen molar-refractivity contribution in [1.29, 1.82) is 0 Å². The number of carbonyl (C=O) groups is 4. The van der Waals surface area contributed by atoms with Crippen molar-refractivity contribution in [3.05, 3.63) is 11.6 Å². The maximum absolute atomic E-state index is 13.3. The zero-order valence-electron chi connectivity index (χ0n) is 24.0. The smallest absolute Gasteiger partial charge is 0.249 e. The Morgan fingerprint density at radius 1 is 1.00 bits per heavy atom. The molecule has 8 heteroatoms. The van der Waals surface area contributed by atoms with Gasteiger partial charge in [-0.3, -0.25) is 19.2 Å².